The smallest absolute Gasteiger partial charge is 0.227 e. The number of piperidine rings is 1. The van der Waals surface area contributed by atoms with Crippen LogP contribution in [0.15, 0.2) is 18.6 Å². The summed E-state index contributed by atoms with van der Waals surface area (Å²) in [7, 11) is 4.01. The Morgan fingerprint density at radius 3 is 2.61 bits per heavy atom. The second kappa shape index (κ2) is 5.79. The molecule has 2 aromatic rings. The molecule has 3 heterocycles. The van der Waals surface area contributed by atoms with Gasteiger partial charge in [0.25, 0.3) is 0 Å². The minimum Gasteiger partial charge on any atom is -0.363 e. The van der Waals surface area contributed by atoms with E-state index >= 15 is 0 Å². The number of nitrogens with zero attached hydrogens (tertiary/aromatic N) is 7. The average molecular weight is 313 g/mol. The van der Waals surface area contributed by atoms with Crippen molar-refractivity contribution in [2.45, 2.75) is 37.6 Å². The molecule has 2 aromatic heterocycles. The lowest BCUT2D eigenvalue weighted by Gasteiger charge is -2.32. The summed E-state index contributed by atoms with van der Waals surface area (Å²) in [5.74, 6) is 3.46. The summed E-state index contributed by atoms with van der Waals surface area (Å²) in [4.78, 5) is 13.4. The molecule has 0 amide bonds. The predicted molar refractivity (Wildman–Crippen MR) is 88.8 cm³/mol. The first-order valence-corrected chi connectivity index (χ1v) is 8.37. The Morgan fingerprint density at radius 2 is 1.91 bits per heavy atom. The van der Waals surface area contributed by atoms with Gasteiger partial charge in [0.1, 0.15) is 18.0 Å². The van der Waals surface area contributed by atoms with E-state index in [4.69, 9.17) is 0 Å². The summed E-state index contributed by atoms with van der Waals surface area (Å²) in [6.07, 6.45) is 8.46. The predicted octanol–water partition coefficient (Wildman–Crippen LogP) is 1.85. The molecule has 1 aliphatic carbocycles. The van der Waals surface area contributed by atoms with E-state index in [1.807, 2.05) is 37.6 Å². The van der Waals surface area contributed by atoms with Gasteiger partial charge in [-0.25, -0.2) is 4.98 Å². The van der Waals surface area contributed by atoms with Crippen LogP contribution >= 0.6 is 0 Å². The van der Waals surface area contributed by atoms with Crippen molar-refractivity contribution in [3.05, 3.63) is 24.4 Å². The third kappa shape index (κ3) is 2.87. The van der Waals surface area contributed by atoms with Crippen LogP contribution in [0.4, 0.5) is 11.8 Å². The minimum absolute atomic E-state index is 0.506. The number of hydrogen-bond donors (Lipinski definition) is 0. The van der Waals surface area contributed by atoms with Crippen LogP contribution in [0.3, 0.4) is 0 Å². The highest BCUT2D eigenvalue weighted by Gasteiger charge is 2.31. The van der Waals surface area contributed by atoms with E-state index in [0.29, 0.717) is 12.0 Å². The molecule has 4 rings (SSSR count). The molecule has 1 saturated heterocycles. The molecule has 7 nitrogen and oxygen atoms in total. The molecule has 0 radical (unpaired) electrons. The Hall–Kier alpha value is -2.18. The first-order valence-electron chi connectivity index (χ1n) is 8.37. The van der Waals surface area contributed by atoms with Crippen molar-refractivity contribution in [3.63, 3.8) is 0 Å². The lowest BCUT2D eigenvalue weighted by atomic mass is 9.96. The Balaban J connectivity index is 1.44. The summed E-state index contributed by atoms with van der Waals surface area (Å²) in [5.41, 5.74) is 0. The van der Waals surface area contributed by atoms with Gasteiger partial charge in [0.2, 0.25) is 5.95 Å². The Labute approximate surface area is 136 Å². The molecule has 122 valence electrons. The van der Waals surface area contributed by atoms with Crippen molar-refractivity contribution in [2.24, 2.45) is 0 Å². The topological polar surface area (TPSA) is 63.0 Å². The maximum absolute atomic E-state index is 4.65. The highest BCUT2D eigenvalue weighted by Crippen LogP contribution is 2.38. The first kappa shape index (κ1) is 14.4. The van der Waals surface area contributed by atoms with Gasteiger partial charge >= 0.3 is 0 Å². The summed E-state index contributed by atoms with van der Waals surface area (Å²) >= 11 is 0. The van der Waals surface area contributed by atoms with Gasteiger partial charge in [-0.05, 0) is 31.7 Å². The quantitative estimate of drug-likeness (QED) is 0.858. The van der Waals surface area contributed by atoms with E-state index < -0.39 is 0 Å². The lowest BCUT2D eigenvalue weighted by molar-refractivity contribution is 0.461. The number of anilines is 2. The molecule has 1 saturated carbocycles. The minimum atomic E-state index is 0.506. The lowest BCUT2D eigenvalue weighted by Crippen LogP contribution is -2.35. The van der Waals surface area contributed by atoms with Gasteiger partial charge in [0.05, 0.1) is 0 Å². The van der Waals surface area contributed by atoms with E-state index in [1.165, 1.54) is 18.7 Å². The number of rotatable bonds is 4. The number of aromatic nitrogens is 5. The van der Waals surface area contributed by atoms with E-state index in [9.17, 15) is 0 Å². The second-order valence-electron chi connectivity index (χ2n) is 6.70. The van der Waals surface area contributed by atoms with Crippen molar-refractivity contribution in [2.75, 3.05) is 37.0 Å². The van der Waals surface area contributed by atoms with Crippen molar-refractivity contribution in [1.82, 2.24) is 24.7 Å². The van der Waals surface area contributed by atoms with Gasteiger partial charge in [-0.15, -0.1) is 10.2 Å². The van der Waals surface area contributed by atoms with Crippen molar-refractivity contribution in [3.8, 4) is 0 Å². The molecule has 23 heavy (non-hydrogen) atoms. The third-order valence-corrected chi connectivity index (χ3v) is 4.77. The average Bonchev–Trinajstić information content (AvgIpc) is 3.32. The zero-order valence-electron chi connectivity index (χ0n) is 13.8. The Bertz CT molecular complexity index is 669. The van der Waals surface area contributed by atoms with E-state index in [2.05, 4.69) is 29.6 Å². The van der Waals surface area contributed by atoms with Crippen LogP contribution < -0.4 is 9.80 Å². The van der Waals surface area contributed by atoms with E-state index in [1.54, 1.807) is 0 Å². The van der Waals surface area contributed by atoms with E-state index in [-0.39, 0.29) is 0 Å². The maximum atomic E-state index is 4.65. The first-order chi connectivity index (χ1) is 11.2. The molecule has 2 aliphatic rings. The van der Waals surface area contributed by atoms with Crippen molar-refractivity contribution in [1.29, 1.82) is 0 Å². The van der Waals surface area contributed by atoms with Crippen LogP contribution in [0.2, 0.25) is 0 Å². The summed E-state index contributed by atoms with van der Waals surface area (Å²) in [6, 6.07) is 2.59. The molecule has 0 bridgehead atoms. The molecule has 2 fully saturated rings. The summed E-state index contributed by atoms with van der Waals surface area (Å²) in [6.45, 7) is 1.94. The van der Waals surface area contributed by atoms with Crippen LogP contribution in [0.1, 0.15) is 43.5 Å². The fraction of sp³-hybridized carbons (Fsp3) is 0.625. The number of hydrogen-bond acceptors (Lipinski definition) is 6. The molecule has 1 aliphatic heterocycles. The summed E-state index contributed by atoms with van der Waals surface area (Å²) in [5, 5.41) is 8.53. The van der Waals surface area contributed by atoms with Gasteiger partial charge in [0.15, 0.2) is 0 Å². The van der Waals surface area contributed by atoms with Crippen molar-refractivity contribution >= 4 is 11.8 Å². The van der Waals surface area contributed by atoms with Crippen LogP contribution in [0.25, 0.3) is 0 Å². The zero-order chi connectivity index (χ0) is 15.8. The molecule has 0 spiro atoms. The van der Waals surface area contributed by atoms with Crippen molar-refractivity contribution < 1.29 is 0 Å². The summed E-state index contributed by atoms with van der Waals surface area (Å²) < 4.78 is 2.30. The van der Waals surface area contributed by atoms with Crippen LogP contribution in [-0.2, 0) is 0 Å². The van der Waals surface area contributed by atoms with Gasteiger partial charge < -0.3 is 14.4 Å². The molecular weight excluding hydrogens is 290 g/mol. The normalized spacial score (nSPS) is 19.1. The van der Waals surface area contributed by atoms with Crippen LogP contribution in [-0.4, -0.2) is 51.9 Å². The molecule has 0 atom stereocenters. The molecule has 0 aromatic carbocycles. The van der Waals surface area contributed by atoms with Gasteiger partial charge in [-0.3, -0.25) is 0 Å². The third-order valence-electron chi connectivity index (χ3n) is 4.77. The highest BCUT2D eigenvalue weighted by atomic mass is 15.3. The fourth-order valence-corrected chi connectivity index (χ4v) is 3.26. The standard InChI is InChI=1S/C16H23N7/c1-21(2)14-5-8-17-16(19-14)22-9-6-12(7-10-22)15-20-18-11-23(15)13-3-4-13/h5,8,11-13H,3-4,6-7,9-10H2,1-2H3. The maximum Gasteiger partial charge on any atom is 0.227 e. The fourth-order valence-electron chi connectivity index (χ4n) is 3.26. The van der Waals surface area contributed by atoms with Gasteiger partial charge in [-0.1, -0.05) is 0 Å². The largest absolute Gasteiger partial charge is 0.363 e. The molecular formula is C16H23N7. The SMILES string of the molecule is CN(C)c1ccnc(N2CCC(c3nncn3C3CC3)CC2)n1. The zero-order valence-corrected chi connectivity index (χ0v) is 13.8. The Kier molecular flexibility index (Phi) is 3.63. The molecule has 7 heteroatoms. The highest BCUT2D eigenvalue weighted by molar-refractivity contribution is 5.42. The van der Waals surface area contributed by atoms with Gasteiger partial charge in [-0.2, -0.15) is 4.98 Å². The Morgan fingerprint density at radius 1 is 1.13 bits per heavy atom. The van der Waals surface area contributed by atoms with Crippen LogP contribution in [0.5, 0.6) is 0 Å². The van der Waals surface area contributed by atoms with E-state index in [0.717, 1.165) is 37.7 Å². The van der Waals surface area contributed by atoms with Crippen LogP contribution in [0, 0.1) is 0 Å². The molecule has 0 unspecified atom stereocenters. The molecule has 0 N–H and O–H groups in total. The monoisotopic (exact) mass is 313 g/mol. The second-order valence-corrected chi connectivity index (χ2v) is 6.70. The van der Waals surface area contributed by atoms with Gasteiger partial charge in [0, 0.05) is 45.3 Å².